The highest BCUT2D eigenvalue weighted by Crippen LogP contribution is 2.31. The molecule has 0 amide bonds. The summed E-state index contributed by atoms with van der Waals surface area (Å²) in [4.78, 5) is 4.83. The average molecular weight is 433 g/mol. The number of unbranched alkanes of at least 4 members (excludes halogenated alkanes) is 3. The summed E-state index contributed by atoms with van der Waals surface area (Å²) < 4.78 is 12.2. The molecule has 0 fully saturated rings. The Morgan fingerprint density at radius 1 is 0.688 bits per heavy atom. The molecule has 2 aliphatic heterocycles. The van der Waals surface area contributed by atoms with E-state index in [1.165, 1.54) is 47.9 Å². The highest BCUT2D eigenvalue weighted by atomic mass is 16.5. The molecule has 0 N–H and O–H groups in total. The van der Waals surface area contributed by atoms with Crippen LogP contribution in [0.1, 0.15) is 47.9 Å². The molecule has 0 aromatic heterocycles. The van der Waals surface area contributed by atoms with Gasteiger partial charge in [0.2, 0.25) is 0 Å². The van der Waals surface area contributed by atoms with Gasteiger partial charge >= 0.3 is 0 Å². The molecule has 0 saturated carbocycles. The smallest absolute Gasteiger partial charge is 0.142 e. The lowest BCUT2D eigenvalue weighted by molar-refractivity contribution is 0.0889. The van der Waals surface area contributed by atoms with Crippen molar-refractivity contribution in [3.05, 3.63) is 84.0 Å². The van der Waals surface area contributed by atoms with Crippen LogP contribution in [-0.2, 0) is 25.9 Å². The summed E-state index contributed by atoms with van der Waals surface area (Å²) >= 11 is 0. The van der Waals surface area contributed by atoms with Gasteiger partial charge in [-0.2, -0.15) is 0 Å². The fourth-order valence-electron chi connectivity index (χ4n) is 4.72. The van der Waals surface area contributed by atoms with Gasteiger partial charge in [-0.05, 0) is 36.8 Å². The van der Waals surface area contributed by atoms with E-state index in [2.05, 4.69) is 59.4 Å². The Bertz CT molecular complexity index is 848. The third-order valence-corrected chi connectivity index (χ3v) is 6.35. The van der Waals surface area contributed by atoms with Crippen molar-refractivity contribution in [2.24, 2.45) is 0 Å². The lowest BCUT2D eigenvalue weighted by Crippen LogP contribution is -2.33. The molecule has 170 valence electrons. The Morgan fingerprint density at radius 3 is 1.59 bits per heavy atom. The van der Waals surface area contributed by atoms with Crippen LogP contribution in [0.5, 0.6) is 11.5 Å². The number of ether oxygens (including phenoxy) is 2. The van der Waals surface area contributed by atoms with Gasteiger partial charge in [0.1, 0.15) is 25.0 Å². The molecule has 0 atom stereocenters. The number of hydrogen-bond acceptors (Lipinski definition) is 4. The summed E-state index contributed by atoms with van der Waals surface area (Å²) in [5.41, 5.74) is 5.10. The van der Waals surface area contributed by atoms with Crippen molar-refractivity contribution in [1.82, 2.24) is 9.80 Å². The second kappa shape index (κ2) is 11.3. The molecular weight excluding hydrogens is 396 g/mol. The standard InChI is InChI=1S/C28H36N2O2/c1-3-11-23-13-9-15-25-19-29(21-31-27(23)25)17-7-5-6-8-18-30-20-26-16-10-14-24(12-4-2)28(26)32-22-30/h3-4,9-10,13-16H,1-2,5-8,11-12,17-22H2. The Labute approximate surface area is 193 Å². The first-order chi connectivity index (χ1) is 15.8. The highest BCUT2D eigenvalue weighted by Gasteiger charge is 2.20. The van der Waals surface area contributed by atoms with Crippen LogP contribution in [0.3, 0.4) is 0 Å². The van der Waals surface area contributed by atoms with Gasteiger partial charge in [-0.3, -0.25) is 9.80 Å². The number of allylic oxidation sites excluding steroid dienone is 2. The van der Waals surface area contributed by atoms with E-state index >= 15 is 0 Å². The lowest BCUT2D eigenvalue weighted by atomic mass is 10.0. The van der Waals surface area contributed by atoms with Crippen LogP contribution in [-0.4, -0.2) is 36.4 Å². The molecule has 2 heterocycles. The van der Waals surface area contributed by atoms with Crippen LogP contribution in [0.2, 0.25) is 0 Å². The Balaban J connectivity index is 1.14. The molecule has 0 saturated heterocycles. The van der Waals surface area contributed by atoms with E-state index < -0.39 is 0 Å². The number of fused-ring (bicyclic) bond motifs is 2. The van der Waals surface area contributed by atoms with E-state index in [0.717, 1.165) is 50.5 Å². The number of para-hydroxylation sites is 2. The quantitative estimate of drug-likeness (QED) is 0.335. The summed E-state index contributed by atoms with van der Waals surface area (Å²) in [6.07, 6.45) is 10.6. The van der Waals surface area contributed by atoms with Crippen LogP contribution in [0.25, 0.3) is 0 Å². The topological polar surface area (TPSA) is 24.9 Å². The summed E-state index contributed by atoms with van der Waals surface area (Å²) in [6, 6.07) is 12.9. The van der Waals surface area contributed by atoms with E-state index in [0.29, 0.717) is 13.5 Å². The molecule has 32 heavy (non-hydrogen) atoms. The summed E-state index contributed by atoms with van der Waals surface area (Å²) in [7, 11) is 0. The fraction of sp³-hybridized carbons (Fsp3) is 0.429. The Kier molecular flexibility index (Phi) is 8.02. The summed E-state index contributed by atoms with van der Waals surface area (Å²) in [6.45, 7) is 13.3. The van der Waals surface area contributed by atoms with Crippen molar-refractivity contribution >= 4 is 0 Å². The van der Waals surface area contributed by atoms with Crippen molar-refractivity contribution in [1.29, 1.82) is 0 Å². The van der Waals surface area contributed by atoms with Crippen molar-refractivity contribution in [3.63, 3.8) is 0 Å². The largest absolute Gasteiger partial charge is 0.477 e. The predicted molar refractivity (Wildman–Crippen MR) is 131 cm³/mol. The third kappa shape index (κ3) is 5.62. The minimum Gasteiger partial charge on any atom is -0.477 e. The third-order valence-electron chi connectivity index (χ3n) is 6.35. The van der Waals surface area contributed by atoms with Crippen LogP contribution in [0.4, 0.5) is 0 Å². The van der Waals surface area contributed by atoms with E-state index in [9.17, 15) is 0 Å². The minimum absolute atomic E-state index is 0.694. The minimum atomic E-state index is 0.694. The van der Waals surface area contributed by atoms with Crippen molar-refractivity contribution < 1.29 is 9.47 Å². The van der Waals surface area contributed by atoms with Gasteiger partial charge in [-0.25, -0.2) is 0 Å². The molecule has 2 aromatic carbocycles. The summed E-state index contributed by atoms with van der Waals surface area (Å²) in [5.74, 6) is 2.15. The SMILES string of the molecule is C=CCc1cccc2c1OCN(CCCCCCN1COc3c(CC=C)cccc3C1)C2. The van der Waals surface area contributed by atoms with Crippen LogP contribution in [0.15, 0.2) is 61.7 Å². The highest BCUT2D eigenvalue weighted by molar-refractivity contribution is 5.44. The van der Waals surface area contributed by atoms with Gasteiger partial charge in [0, 0.05) is 37.3 Å². The zero-order valence-corrected chi connectivity index (χ0v) is 19.2. The lowest BCUT2D eigenvalue weighted by Gasteiger charge is -2.30. The number of nitrogens with zero attached hydrogens (tertiary/aromatic N) is 2. The van der Waals surface area contributed by atoms with Gasteiger partial charge in [0.25, 0.3) is 0 Å². The van der Waals surface area contributed by atoms with Crippen LogP contribution >= 0.6 is 0 Å². The second-order valence-corrected chi connectivity index (χ2v) is 8.86. The Morgan fingerprint density at radius 2 is 1.16 bits per heavy atom. The maximum atomic E-state index is 6.08. The van der Waals surface area contributed by atoms with Gasteiger partial charge in [-0.1, -0.05) is 61.4 Å². The van der Waals surface area contributed by atoms with Crippen molar-refractivity contribution in [2.45, 2.75) is 51.6 Å². The second-order valence-electron chi connectivity index (χ2n) is 8.86. The average Bonchev–Trinajstić information content (AvgIpc) is 2.82. The molecule has 0 aliphatic carbocycles. The molecule has 0 spiro atoms. The van der Waals surface area contributed by atoms with E-state index in [1.807, 2.05) is 12.2 Å². The van der Waals surface area contributed by atoms with Gasteiger partial charge in [0.15, 0.2) is 0 Å². The van der Waals surface area contributed by atoms with Gasteiger partial charge < -0.3 is 9.47 Å². The van der Waals surface area contributed by atoms with Gasteiger partial charge in [0.05, 0.1) is 0 Å². The zero-order valence-electron chi connectivity index (χ0n) is 19.2. The maximum Gasteiger partial charge on any atom is 0.142 e. The number of benzene rings is 2. The van der Waals surface area contributed by atoms with Crippen LogP contribution in [0, 0.1) is 0 Å². The molecule has 2 aliphatic rings. The first-order valence-electron chi connectivity index (χ1n) is 11.9. The first kappa shape index (κ1) is 22.6. The molecule has 4 heteroatoms. The Hall–Kier alpha value is -2.56. The zero-order chi connectivity index (χ0) is 22.2. The fourth-order valence-corrected chi connectivity index (χ4v) is 4.72. The van der Waals surface area contributed by atoms with Crippen LogP contribution < -0.4 is 9.47 Å². The molecular formula is C28H36N2O2. The van der Waals surface area contributed by atoms with E-state index in [4.69, 9.17) is 9.47 Å². The first-order valence-corrected chi connectivity index (χ1v) is 11.9. The van der Waals surface area contributed by atoms with E-state index in [1.54, 1.807) is 0 Å². The van der Waals surface area contributed by atoms with Crippen molar-refractivity contribution in [2.75, 3.05) is 26.6 Å². The molecule has 0 bridgehead atoms. The summed E-state index contributed by atoms with van der Waals surface area (Å²) in [5, 5.41) is 0. The maximum absolute atomic E-state index is 6.08. The molecule has 4 rings (SSSR count). The molecule has 0 unspecified atom stereocenters. The van der Waals surface area contributed by atoms with E-state index in [-0.39, 0.29) is 0 Å². The van der Waals surface area contributed by atoms with Crippen molar-refractivity contribution in [3.8, 4) is 11.5 Å². The number of rotatable bonds is 11. The molecule has 2 aromatic rings. The number of hydrogen-bond donors (Lipinski definition) is 0. The molecule has 0 radical (unpaired) electrons. The monoisotopic (exact) mass is 432 g/mol. The normalized spacial score (nSPS) is 15.9. The molecule has 4 nitrogen and oxygen atoms in total. The predicted octanol–water partition coefficient (Wildman–Crippen LogP) is 5.71. The van der Waals surface area contributed by atoms with Gasteiger partial charge in [-0.15, -0.1) is 13.2 Å².